The van der Waals surface area contributed by atoms with E-state index in [4.69, 9.17) is 4.74 Å². The standard InChI is InChI=1S/C23H25N5O2/c1-4-30-20-7-5-19(6-8-20)27-23(29)26-10-9-25-22-18(14-24)13-17-11-15(2)16(3)12-21(17)28-22/h5-8,11-13H,4,9-10H2,1-3H3,(H,25,28)(H2,26,27,29). The van der Waals surface area contributed by atoms with Crippen LogP contribution in [0, 0.1) is 25.2 Å². The number of carbonyl (C=O) groups excluding carboxylic acids is 1. The Balaban J connectivity index is 1.54. The zero-order chi connectivity index (χ0) is 21.5. The van der Waals surface area contributed by atoms with Crippen molar-refractivity contribution in [2.75, 3.05) is 30.3 Å². The number of hydrogen-bond acceptors (Lipinski definition) is 5. The maximum absolute atomic E-state index is 12.1. The lowest BCUT2D eigenvalue weighted by atomic mass is 10.0. The van der Waals surface area contributed by atoms with Gasteiger partial charge in [-0.2, -0.15) is 5.26 Å². The van der Waals surface area contributed by atoms with E-state index in [-0.39, 0.29) is 6.03 Å². The summed E-state index contributed by atoms with van der Waals surface area (Å²) in [6.45, 7) is 7.41. The Hall–Kier alpha value is -3.79. The second kappa shape index (κ2) is 9.61. The van der Waals surface area contributed by atoms with Crippen LogP contribution in [-0.2, 0) is 0 Å². The van der Waals surface area contributed by atoms with Gasteiger partial charge in [0.05, 0.1) is 17.7 Å². The number of carbonyl (C=O) groups is 1. The molecule has 0 aliphatic rings. The second-order valence-corrected chi connectivity index (χ2v) is 6.89. The van der Waals surface area contributed by atoms with Crippen molar-refractivity contribution in [3.8, 4) is 11.8 Å². The number of pyridine rings is 1. The number of nitrogens with zero attached hydrogens (tertiary/aromatic N) is 2. The van der Waals surface area contributed by atoms with Crippen molar-refractivity contribution in [1.29, 1.82) is 5.26 Å². The van der Waals surface area contributed by atoms with Gasteiger partial charge in [0.15, 0.2) is 0 Å². The summed E-state index contributed by atoms with van der Waals surface area (Å²) in [6, 6.07) is 14.9. The molecule has 0 unspecified atom stereocenters. The minimum atomic E-state index is -0.306. The zero-order valence-corrected chi connectivity index (χ0v) is 17.4. The summed E-state index contributed by atoms with van der Waals surface area (Å²) in [5.41, 5.74) is 4.30. The Bertz CT molecular complexity index is 1090. The van der Waals surface area contributed by atoms with Crippen LogP contribution in [0.4, 0.5) is 16.3 Å². The molecule has 2 aromatic carbocycles. The van der Waals surface area contributed by atoms with Gasteiger partial charge in [-0.05, 0) is 74.4 Å². The zero-order valence-electron chi connectivity index (χ0n) is 17.4. The van der Waals surface area contributed by atoms with Crippen LogP contribution in [0.5, 0.6) is 5.75 Å². The minimum Gasteiger partial charge on any atom is -0.494 e. The molecule has 3 rings (SSSR count). The number of aryl methyl sites for hydroxylation is 2. The molecular weight excluding hydrogens is 378 g/mol. The summed E-state index contributed by atoms with van der Waals surface area (Å²) in [5, 5.41) is 19.1. The molecule has 7 heteroatoms. The lowest BCUT2D eigenvalue weighted by molar-refractivity contribution is 0.252. The number of benzene rings is 2. The molecule has 0 aliphatic carbocycles. The van der Waals surface area contributed by atoms with E-state index in [1.165, 1.54) is 0 Å². The van der Waals surface area contributed by atoms with Crippen molar-refractivity contribution < 1.29 is 9.53 Å². The van der Waals surface area contributed by atoms with E-state index in [0.717, 1.165) is 27.8 Å². The Morgan fingerprint density at radius 2 is 1.83 bits per heavy atom. The number of amides is 2. The number of nitriles is 1. The fourth-order valence-corrected chi connectivity index (χ4v) is 2.99. The Morgan fingerprint density at radius 3 is 2.53 bits per heavy atom. The number of fused-ring (bicyclic) bond motifs is 1. The lowest BCUT2D eigenvalue weighted by Crippen LogP contribution is -2.32. The van der Waals surface area contributed by atoms with Crippen LogP contribution >= 0.6 is 0 Å². The number of anilines is 2. The number of nitrogens with one attached hydrogen (secondary N) is 3. The number of rotatable bonds is 7. The molecule has 1 heterocycles. The first kappa shape index (κ1) is 20.9. The van der Waals surface area contributed by atoms with Gasteiger partial charge in [-0.3, -0.25) is 0 Å². The molecule has 7 nitrogen and oxygen atoms in total. The third-order valence-corrected chi connectivity index (χ3v) is 4.68. The first-order valence-corrected chi connectivity index (χ1v) is 9.84. The van der Waals surface area contributed by atoms with E-state index in [1.807, 2.05) is 39.0 Å². The predicted molar refractivity (Wildman–Crippen MR) is 119 cm³/mol. The Morgan fingerprint density at radius 1 is 1.10 bits per heavy atom. The van der Waals surface area contributed by atoms with Crippen molar-refractivity contribution in [2.45, 2.75) is 20.8 Å². The molecule has 0 atom stereocenters. The van der Waals surface area contributed by atoms with E-state index in [9.17, 15) is 10.1 Å². The quantitative estimate of drug-likeness (QED) is 0.509. The van der Waals surface area contributed by atoms with Gasteiger partial charge in [0.25, 0.3) is 0 Å². The van der Waals surface area contributed by atoms with Crippen molar-refractivity contribution in [3.05, 3.63) is 59.2 Å². The second-order valence-electron chi connectivity index (χ2n) is 6.89. The first-order chi connectivity index (χ1) is 14.5. The maximum atomic E-state index is 12.1. The van der Waals surface area contributed by atoms with E-state index < -0.39 is 0 Å². The van der Waals surface area contributed by atoms with Crippen LogP contribution < -0.4 is 20.7 Å². The van der Waals surface area contributed by atoms with Crippen LogP contribution in [0.2, 0.25) is 0 Å². The molecular formula is C23H25N5O2. The average molecular weight is 403 g/mol. The third-order valence-electron chi connectivity index (χ3n) is 4.68. The molecule has 1 aromatic heterocycles. The van der Waals surface area contributed by atoms with Gasteiger partial charge in [0.2, 0.25) is 0 Å². The van der Waals surface area contributed by atoms with E-state index in [1.54, 1.807) is 24.3 Å². The fourth-order valence-electron chi connectivity index (χ4n) is 2.99. The van der Waals surface area contributed by atoms with Gasteiger partial charge in [-0.15, -0.1) is 0 Å². The molecule has 30 heavy (non-hydrogen) atoms. The van der Waals surface area contributed by atoms with E-state index >= 15 is 0 Å². The molecule has 3 aromatic rings. The van der Waals surface area contributed by atoms with Gasteiger partial charge < -0.3 is 20.7 Å². The predicted octanol–water partition coefficient (Wildman–Crippen LogP) is 4.36. The molecule has 0 bridgehead atoms. The molecule has 154 valence electrons. The van der Waals surface area contributed by atoms with Gasteiger partial charge in [0.1, 0.15) is 17.6 Å². The number of urea groups is 1. The average Bonchev–Trinajstić information content (AvgIpc) is 2.73. The van der Waals surface area contributed by atoms with Gasteiger partial charge in [-0.25, -0.2) is 9.78 Å². The summed E-state index contributed by atoms with van der Waals surface area (Å²) < 4.78 is 5.38. The van der Waals surface area contributed by atoms with E-state index in [0.29, 0.717) is 36.8 Å². The van der Waals surface area contributed by atoms with Crippen LogP contribution in [0.3, 0.4) is 0 Å². The molecule has 0 fully saturated rings. The summed E-state index contributed by atoms with van der Waals surface area (Å²) in [5.74, 6) is 1.27. The van der Waals surface area contributed by atoms with Crippen molar-refractivity contribution in [3.63, 3.8) is 0 Å². The van der Waals surface area contributed by atoms with Crippen molar-refractivity contribution in [1.82, 2.24) is 10.3 Å². The molecule has 0 aliphatic heterocycles. The summed E-state index contributed by atoms with van der Waals surface area (Å²) >= 11 is 0. The maximum Gasteiger partial charge on any atom is 0.319 e. The van der Waals surface area contributed by atoms with Crippen LogP contribution in [0.1, 0.15) is 23.6 Å². The topological polar surface area (TPSA) is 99.1 Å². The van der Waals surface area contributed by atoms with E-state index in [2.05, 4.69) is 27.0 Å². The Kier molecular flexibility index (Phi) is 6.71. The highest BCUT2D eigenvalue weighted by Gasteiger charge is 2.08. The molecule has 0 radical (unpaired) electrons. The lowest BCUT2D eigenvalue weighted by Gasteiger charge is -2.12. The van der Waals surface area contributed by atoms with Gasteiger partial charge in [-0.1, -0.05) is 0 Å². The van der Waals surface area contributed by atoms with Gasteiger partial charge >= 0.3 is 6.03 Å². The molecule has 0 spiro atoms. The van der Waals surface area contributed by atoms with Crippen molar-refractivity contribution >= 4 is 28.4 Å². The summed E-state index contributed by atoms with van der Waals surface area (Å²) in [4.78, 5) is 16.6. The van der Waals surface area contributed by atoms with Crippen LogP contribution in [0.15, 0.2) is 42.5 Å². The highest BCUT2D eigenvalue weighted by molar-refractivity contribution is 5.89. The SMILES string of the molecule is CCOc1ccc(NC(=O)NCCNc2nc3cc(C)c(C)cc3cc2C#N)cc1. The molecule has 0 saturated carbocycles. The van der Waals surface area contributed by atoms with Crippen molar-refractivity contribution in [2.24, 2.45) is 0 Å². The Labute approximate surface area is 176 Å². The minimum absolute atomic E-state index is 0.306. The van der Waals surface area contributed by atoms with Crippen LogP contribution in [-0.4, -0.2) is 30.7 Å². The fraction of sp³-hybridized carbons (Fsp3) is 0.261. The highest BCUT2D eigenvalue weighted by Crippen LogP contribution is 2.23. The van der Waals surface area contributed by atoms with Crippen LogP contribution in [0.25, 0.3) is 10.9 Å². The highest BCUT2D eigenvalue weighted by atomic mass is 16.5. The number of ether oxygens (including phenoxy) is 1. The summed E-state index contributed by atoms with van der Waals surface area (Å²) in [6.07, 6.45) is 0. The largest absolute Gasteiger partial charge is 0.494 e. The smallest absolute Gasteiger partial charge is 0.319 e. The molecule has 2 amide bonds. The number of aromatic nitrogens is 1. The third kappa shape index (κ3) is 5.17. The normalized spacial score (nSPS) is 10.3. The molecule has 0 saturated heterocycles. The number of hydrogen-bond donors (Lipinski definition) is 3. The van der Waals surface area contributed by atoms with Gasteiger partial charge in [0, 0.05) is 24.2 Å². The first-order valence-electron chi connectivity index (χ1n) is 9.84. The monoisotopic (exact) mass is 403 g/mol. The molecule has 3 N–H and O–H groups in total. The summed E-state index contributed by atoms with van der Waals surface area (Å²) in [7, 11) is 0.